The molecule has 19 heavy (non-hydrogen) atoms. The van der Waals surface area contributed by atoms with Crippen LogP contribution in [0.3, 0.4) is 0 Å². The fraction of sp³-hybridized carbons (Fsp3) is 0.273. The molecule has 0 aliphatic carbocycles. The van der Waals surface area contributed by atoms with E-state index in [0.717, 1.165) is 6.07 Å². The predicted molar refractivity (Wildman–Crippen MR) is 72.7 cm³/mol. The van der Waals surface area contributed by atoms with Crippen molar-refractivity contribution in [2.75, 3.05) is 13.2 Å². The van der Waals surface area contributed by atoms with Crippen molar-refractivity contribution in [3.8, 4) is 11.8 Å². The molecule has 0 heterocycles. The summed E-state index contributed by atoms with van der Waals surface area (Å²) in [4.78, 5) is 21.4. The summed E-state index contributed by atoms with van der Waals surface area (Å²) in [6, 6.07) is 4.36. The SMILES string of the molecule is CCOC(=O)COc1c(I)cc(C#N)cc1[N+](=O)[O-]. The summed E-state index contributed by atoms with van der Waals surface area (Å²) < 4.78 is 10.2. The number of nitriles is 1. The van der Waals surface area contributed by atoms with Crippen LogP contribution < -0.4 is 4.74 Å². The second kappa shape index (κ2) is 6.89. The Labute approximate surface area is 122 Å². The van der Waals surface area contributed by atoms with E-state index in [0.29, 0.717) is 3.57 Å². The minimum Gasteiger partial charge on any atom is -0.474 e. The van der Waals surface area contributed by atoms with Gasteiger partial charge in [0.15, 0.2) is 6.61 Å². The fourth-order valence-corrected chi connectivity index (χ4v) is 2.02. The molecule has 1 aromatic rings. The lowest BCUT2D eigenvalue weighted by molar-refractivity contribution is -0.385. The van der Waals surface area contributed by atoms with Crippen molar-refractivity contribution in [3.05, 3.63) is 31.4 Å². The quantitative estimate of drug-likeness (QED) is 0.337. The average Bonchev–Trinajstić information content (AvgIpc) is 2.36. The number of carbonyl (C=O) groups is 1. The molecule has 0 fully saturated rings. The van der Waals surface area contributed by atoms with E-state index in [1.54, 1.807) is 29.5 Å². The summed E-state index contributed by atoms with van der Waals surface area (Å²) >= 11 is 1.80. The van der Waals surface area contributed by atoms with Gasteiger partial charge in [0.05, 0.1) is 26.7 Å². The Morgan fingerprint density at radius 1 is 1.58 bits per heavy atom. The third-order valence-electron chi connectivity index (χ3n) is 1.99. The molecule has 0 saturated heterocycles. The minimum atomic E-state index is -0.663. The second-order valence-electron chi connectivity index (χ2n) is 3.27. The van der Waals surface area contributed by atoms with Gasteiger partial charge in [-0.2, -0.15) is 5.26 Å². The Balaban J connectivity index is 3.03. The van der Waals surface area contributed by atoms with Gasteiger partial charge in [-0.15, -0.1) is 0 Å². The maximum atomic E-state index is 11.2. The van der Waals surface area contributed by atoms with Crippen LogP contribution in [0.1, 0.15) is 12.5 Å². The van der Waals surface area contributed by atoms with Crippen LogP contribution >= 0.6 is 22.6 Å². The van der Waals surface area contributed by atoms with Gasteiger partial charge < -0.3 is 9.47 Å². The van der Waals surface area contributed by atoms with Crippen molar-refractivity contribution >= 4 is 34.2 Å². The van der Waals surface area contributed by atoms with Gasteiger partial charge in [-0.05, 0) is 35.6 Å². The zero-order valence-electron chi connectivity index (χ0n) is 9.88. The molecule has 0 amide bonds. The third kappa shape index (κ3) is 4.06. The number of esters is 1. The first kappa shape index (κ1) is 15.2. The van der Waals surface area contributed by atoms with Crippen LogP contribution in [0.2, 0.25) is 0 Å². The van der Waals surface area contributed by atoms with E-state index < -0.39 is 17.5 Å². The first-order chi connectivity index (χ1) is 8.99. The largest absolute Gasteiger partial charge is 0.474 e. The van der Waals surface area contributed by atoms with E-state index in [2.05, 4.69) is 4.74 Å². The number of hydrogen-bond acceptors (Lipinski definition) is 6. The summed E-state index contributed by atoms with van der Waals surface area (Å²) in [5.74, 6) is -0.658. The van der Waals surface area contributed by atoms with Crippen molar-refractivity contribution in [2.45, 2.75) is 6.92 Å². The zero-order chi connectivity index (χ0) is 14.4. The van der Waals surface area contributed by atoms with Crippen LogP contribution in [0.25, 0.3) is 0 Å². The molecule has 8 heteroatoms. The molecule has 1 aromatic carbocycles. The third-order valence-corrected chi connectivity index (χ3v) is 2.79. The van der Waals surface area contributed by atoms with Crippen LogP contribution in [0.5, 0.6) is 5.75 Å². The summed E-state index contributed by atoms with van der Waals surface area (Å²) in [6.45, 7) is 1.43. The molecule has 7 nitrogen and oxygen atoms in total. The normalized spacial score (nSPS) is 9.53. The van der Waals surface area contributed by atoms with E-state index in [9.17, 15) is 14.9 Å². The maximum Gasteiger partial charge on any atom is 0.344 e. The number of benzene rings is 1. The van der Waals surface area contributed by atoms with Crippen molar-refractivity contribution in [1.82, 2.24) is 0 Å². The van der Waals surface area contributed by atoms with E-state index in [-0.39, 0.29) is 23.6 Å². The van der Waals surface area contributed by atoms with Gasteiger partial charge in [0, 0.05) is 6.07 Å². The summed E-state index contributed by atoms with van der Waals surface area (Å²) in [5, 5.41) is 19.7. The predicted octanol–water partition coefficient (Wildman–Crippen LogP) is 2.01. The molecule has 0 unspecified atom stereocenters. The molecule has 0 atom stereocenters. The van der Waals surface area contributed by atoms with Crippen molar-refractivity contribution in [2.24, 2.45) is 0 Å². The molecule has 0 spiro atoms. The molecule has 0 aromatic heterocycles. The number of ether oxygens (including phenoxy) is 2. The van der Waals surface area contributed by atoms with Crippen molar-refractivity contribution < 1.29 is 19.2 Å². The number of nitro benzene ring substituents is 1. The average molecular weight is 376 g/mol. The Kier molecular flexibility index (Phi) is 5.50. The summed E-state index contributed by atoms with van der Waals surface area (Å²) in [6.07, 6.45) is 0. The zero-order valence-corrected chi connectivity index (χ0v) is 12.0. The van der Waals surface area contributed by atoms with E-state index >= 15 is 0 Å². The molecular formula is C11H9IN2O5. The number of nitrogens with zero attached hydrogens (tertiary/aromatic N) is 2. The van der Waals surface area contributed by atoms with E-state index in [4.69, 9.17) is 10.00 Å². The van der Waals surface area contributed by atoms with Gasteiger partial charge in [-0.25, -0.2) is 4.79 Å². The van der Waals surface area contributed by atoms with Gasteiger partial charge in [-0.3, -0.25) is 10.1 Å². The standard InChI is InChI=1S/C11H9IN2O5/c1-2-18-10(15)6-19-11-8(12)3-7(5-13)4-9(11)14(16)17/h3-4H,2,6H2,1H3. The Hall–Kier alpha value is -1.89. The number of rotatable bonds is 5. The molecule has 1 rings (SSSR count). The van der Waals surface area contributed by atoms with Crippen molar-refractivity contribution in [3.63, 3.8) is 0 Å². The Bertz CT molecular complexity index is 553. The summed E-state index contributed by atoms with van der Waals surface area (Å²) in [7, 11) is 0. The molecular weight excluding hydrogens is 367 g/mol. The lowest BCUT2D eigenvalue weighted by atomic mass is 10.2. The second-order valence-corrected chi connectivity index (χ2v) is 4.43. The first-order valence-corrected chi connectivity index (χ1v) is 6.24. The van der Waals surface area contributed by atoms with Gasteiger partial charge in [0.25, 0.3) is 0 Å². The van der Waals surface area contributed by atoms with E-state index in [1.807, 2.05) is 6.07 Å². The maximum absolute atomic E-state index is 11.2. The van der Waals surface area contributed by atoms with Crippen molar-refractivity contribution in [1.29, 1.82) is 5.26 Å². The minimum absolute atomic E-state index is 0.0438. The van der Waals surface area contributed by atoms with E-state index in [1.165, 1.54) is 6.07 Å². The molecule has 0 bridgehead atoms. The highest BCUT2D eigenvalue weighted by Gasteiger charge is 2.21. The van der Waals surface area contributed by atoms with Gasteiger partial charge >= 0.3 is 11.7 Å². The Morgan fingerprint density at radius 3 is 2.79 bits per heavy atom. The van der Waals surface area contributed by atoms with Crippen LogP contribution in [0.15, 0.2) is 12.1 Å². The first-order valence-electron chi connectivity index (χ1n) is 5.16. The number of halogens is 1. The lowest BCUT2D eigenvalue weighted by Gasteiger charge is -2.08. The highest BCUT2D eigenvalue weighted by Crippen LogP contribution is 2.33. The molecule has 0 radical (unpaired) electrons. The molecule has 100 valence electrons. The Morgan fingerprint density at radius 2 is 2.26 bits per heavy atom. The lowest BCUT2D eigenvalue weighted by Crippen LogP contribution is -2.15. The van der Waals surface area contributed by atoms with Crippen LogP contribution in [0.4, 0.5) is 5.69 Å². The molecule has 0 aliphatic rings. The van der Waals surface area contributed by atoms with Crippen LogP contribution in [-0.4, -0.2) is 24.1 Å². The fourth-order valence-electron chi connectivity index (χ4n) is 1.26. The summed E-state index contributed by atoms with van der Waals surface area (Å²) in [5.41, 5.74) is -0.202. The van der Waals surface area contributed by atoms with Gasteiger partial charge in [0.2, 0.25) is 5.75 Å². The number of nitro groups is 1. The monoisotopic (exact) mass is 376 g/mol. The van der Waals surface area contributed by atoms with Crippen LogP contribution in [-0.2, 0) is 9.53 Å². The molecule has 0 aliphatic heterocycles. The molecule has 0 N–H and O–H groups in total. The smallest absolute Gasteiger partial charge is 0.344 e. The van der Waals surface area contributed by atoms with Gasteiger partial charge in [0.1, 0.15) is 0 Å². The molecule has 0 saturated carbocycles. The topological polar surface area (TPSA) is 102 Å². The van der Waals surface area contributed by atoms with Crippen LogP contribution in [0, 0.1) is 25.0 Å². The highest BCUT2D eigenvalue weighted by molar-refractivity contribution is 14.1. The number of carbonyl (C=O) groups excluding carboxylic acids is 1. The number of hydrogen-bond donors (Lipinski definition) is 0. The highest BCUT2D eigenvalue weighted by atomic mass is 127. The van der Waals surface area contributed by atoms with Gasteiger partial charge in [-0.1, -0.05) is 0 Å².